The summed E-state index contributed by atoms with van der Waals surface area (Å²) in [6, 6.07) is 10.6. The first kappa shape index (κ1) is 12.9. The van der Waals surface area contributed by atoms with E-state index in [0.717, 1.165) is 19.5 Å². The van der Waals surface area contributed by atoms with Crippen LogP contribution in [0.25, 0.3) is 0 Å². The van der Waals surface area contributed by atoms with Gasteiger partial charge in [0.15, 0.2) is 5.96 Å². The minimum atomic E-state index is -0.0460. The molecule has 1 aliphatic heterocycles. The van der Waals surface area contributed by atoms with Crippen LogP contribution in [0.2, 0.25) is 0 Å². The highest BCUT2D eigenvalue weighted by atomic mass is 15.4. The average molecular weight is 245 g/mol. The summed E-state index contributed by atoms with van der Waals surface area (Å²) in [7, 11) is 0. The van der Waals surface area contributed by atoms with E-state index in [4.69, 9.17) is 5.73 Å². The van der Waals surface area contributed by atoms with E-state index in [-0.39, 0.29) is 5.54 Å². The molecular formula is C15H23N3. The molecule has 0 aliphatic carbocycles. The van der Waals surface area contributed by atoms with Crippen LogP contribution in [0.4, 0.5) is 0 Å². The normalized spacial score (nSPS) is 23.6. The first-order chi connectivity index (χ1) is 8.60. The molecule has 0 saturated heterocycles. The van der Waals surface area contributed by atoms with Gasteiger partial charge < -0.3 is 10.6 Å². The van der Waals surface area contributed by atoms with Crippen LogP contribution in [0, 0.1) is 5.92 Å². The molecule has 0 radical (unpaired) electrons. The van der Waals surface area contributed by atoms with E-state index in [1.54, 1.807) is 0 Å². The number of hydrogen-bond acceptors (Lipinski definition) is 3. The Bertz CT molecular complexity index is 425. The van der Waals surface area contributed by atoms with Crippen LogP contribution in [-0.2, 0) is 5.54 Å². The van der Waals surface area contributed by atoms with E-state index in [9.17, 15) is 0 Å². The van der Waals surface area contributed by atoms with Crippen molar-refractivity contribution in [3.05, 3.63) is 35.9 Å². The van der Waals surface area contributed by atoms with Gasteiger partial charge in [-0.05, 0) is 17.9 Å². The highest BCUT2D eigenvalue weighted by Gasteiger charge is 2.42. The lowest BCUT2D eigenvalue weighted by atomic mass is 9.86. The lowest BCUT2D eigenvalue weighted by Gasteiger charge is -2.40. The molecule has 1 atom stereocenters. The molecule has 0 aromatic heterocycles. The Kier molecular flexibility index (Phi) is 3.60. The summed E-state index contributed by atoms with van der Waals surface area (Å²) >= 11 is 0. The van der Waals surface area contributed by atoms with Gasteiger partial charge in [0.2, 0.25) is 0 Å². The quantitative estimate of drug-likeness (QED) is 0.886. The molecule has 1 aromatic rings. The van der Waals surface area contributed by atoms with Gasteiger partial charge in [-0.3, -0.25) is 4.99 Å². The fourth-order valence-corrected chi connectivity index (χ4v) is 2.74. The molecule has 0 spiro atoms. The number of hydrogen-bond donors (Lipinski definition) is 1. The summed E-state index contributed by atoms with van der Waals surface area (Å²) in [6.45, 7) is 8.38. The molecule has 1 aliphatic rings. The van der Waals surface area contributed by atoms with Gasteiger partial charge in [-0.25, -0.2) is 0 Å². The summed E-state index contributed by atoms with van der Waals surface area (Å²) in [5.41, 5.74) is 7.36. The third-order valence-electron chi connectivity index (χ3n) is 3.74. The molecular weight excluding hydrogens is 222 g/mol. The van der Waals surface area contributed by atoms with Crippen LogP contribution in [0.15, 0.2) is 35.3 Å². The van der Waals surface area contributed by atoms with Crippen molar-refractivity contribution in [1.29, 1.82) is 0 Å². The van der Waals surface area contributed by atoms with Crippen LogP contribution in [0.3, 0.4) is 0 Å². The van der Waals surface area contributed by atoms with E-state index >= 15 is 0 Å². The molecule has 98 valence electrons. The monoisotopic (exact) mass is 245 g/mol. The number of aliphatic imine (C=N–C) groups is 1. The van der Waals surface area contributed by atoms with Crippen molar-refractivity contribution < 1.29 is 0 Å². The molecule has 2 N–H and O–H groups in total. The molecule has 1 unspecified atom stereocenters. The SMILES string of the molecule is CCC1(c2ccccc2)CN=C(N)N1CC(C)C. The summed E-state index contributed by atoms with van der Waals surface area (Å²) < 4.78 is 0. The van der Waals surface area contributed by atoms with Crippen molar-refractivity contribution in [2.75, 3.05) is 13.1 Å². The highest BCUT2D eigenvalue weighted by molar-refractivity contribution is 5.81. The van der Waals surface area contributed by atoms with Gasteiger partial charge in [0.25, 0.3) is 0 Å². The largest absolute Gasteiger partial charge is 0.370 e. The Morgan fingerprint density at radius 2 is 2.00 bits per heavy atom. The van der Waals surface area contributed by atoms with Crippen molar-refractivity contribution in [2.24, 2.45) is 16.6 Å². The van der Waals surface area contributed by atoms with Crippen LogP contribution in [0.5, 0.6) is 0 Å². The van der Waals surface area contributed by atoms with Gasteiger partial charge in [0.05, 0.1) is 12.1 Å². The van der Waals surface area contributed by atoms with E-state index in [1.165, 1.54) is 5.56 Å². The second kappa shape index (κ2) is 5.01. The van der Waals surface area contributed by atoms with E-state index in [0.29, 0.717) is 11.9 Å². The lowest BCUT2D eigenvalue weighted by Crippen LogP contribution is -2.50. The first-order valence-corrected chi connectivity index (χ1v) is 6.73. The van der Waals surface area contributed by atoms with E-state index in [2.05, 4.69) is 61.0 Å². The predicted molar refractivity (Wildman–Crippen MR) is 76.4 cm³/mol. The fraction of sp³-hybridized carbons (Fsp3) is 0.533. The molecule has 3 nitrogen and oxygen atoms in total. The lowest BCUT2D eigenvalue weighted by molar-refractivity contribution is 0.176. The van der Waals surface area contributed by atoms with Gasteiger partial charge in [0, 0.05) is 6.54 Å². The predicted octanol–water partition coefficient (Wildman–Crippen LogP) is 2.58. The maximum absolute atomic E-state index is 6.09. The van der Waals surface area contributed by atoms with Crippen LogP contribution >= 0.6 is 0 Å². The minimum Gasteiger partial charge on any atom is -0.370 e. The number of benzene rings is 1. The summed E-state index contributed by atoms with van der Waals surface area (Å²) in [6.07, 6.45) is 1.02. The minimum absolute atomic E-state index is 0.0460. The van der Waals surface area contributed by atoms with E-state index in [1.807, 2.05) is 0 Å². The second-order valence-corrected chi connectivity index (χ2v) is 5.43. The smallest absolute Gasteiger partial charge is 0.192 e. The Morgan fingerprint density at radius 3 is 2.56 bits per heavy atom. The highest BCUT2D eigenvalue weighted by Crippen LogP contribution is 2.36. The van der Waals surface area contributed by atoms with E-state index < -0.39 is 0 Å². The first-order valence-electron chi connectivity index (χ1n) is 6.73. The number of rotatable bonds is 4. The Hall–Kier alpha value is -1.51. The molecule has 0 amide bonds. The average Bonchev–Trinajstić information content (AvgIpc) is 2.69. The molecule has 1 aromatic carbocycles. The number of guanidine groups is 1. The summed E-state index contributed by atoms with van der Waals surface area (Å²) in [4.78, 5) is 6.78. The second-order valence-electron chi connectivity index (χ2n) is 5.43. The van der Waals surface area contributed by atoms with Gasteiger partial charge in [-0.15, -0.1) is 0 Å². The van der Waals surface area contributed by atoms with Crippen molar-refractivity contribution in [1.82, 2.24) is 4.90 Å². The van der Waals surface area contributed by atoms with Gasteiger partial charge >= 0.3 is 0 Å². The molecule has 0 fully saturated rings. The topological polar surface area (TPSA) is 41.6 Å². The Balaban J connectivity index is 2.38. The zero-order chi connectivity index (χ0) is 13.2. The maximum Gasteiger partial charge on any atom is 0.192 e. The van der Waals surface area contributed by atoms with Gasteiger partial charge in [-0.2, -0.15) is 0 Å². The van der Waals surface area contributed by atoms with Crippen LogP contribution < -0.4 is 5.73 Å². The Labute approximate surface area is 110 Å². The third kappa shape index (κ3) is 2.09. The van der Waals surface area contributed by atoms with Crippen LogP contribution in [0.1, 0.15) is 32.8 Å². The fourth-order valence-electron chi connectivity index (χ4n) is 2.74. The molecule has 3 heteroatoms. The zero-order valence-electron chi connectivity index (χ0n) is 11.6. The third-order valence-corrected chi connectivity index (χ3v) is 3.74. The van der Waals surface area contributed by atoms with Gasteiger partial charge in [-0.1, -0.05) is 51.1 Å². The molecule has 1 heterocycles. The Morgan fingerprint density at radius 1 is 1.33 bits per heavy atom. The van der Waals surface area contributed by atoms with Crippen molar-refractivity contribution in [3.8, 4) is 0 Å². The number of nitrogens with two attached hydrogens (primary N) is 1. The van der Waals surface area contributed by atoms with Crippen molar-refractivity contribution >= 4 is 5.96 Å². The zero-order valence-corrected chi connectivity index (χ0v) is 11.6. The molecule has 2 rings (SSSR count). The summed E-state index contributed by atoms with van der Waals surface area (Å²) in [5, 5.41) is 0. The maximum atomic E-state index is 6.09. The van der Waals surface area contributed by atoms with Crippen molar-refractivity contribution in [3.63, 3.8) is 0 Å². The van der Waals surface area contributed by atoms with Gasteiger partial charge in [0.1, 0.15) is 0 Å². The molecule has 18 heavy (non-hydrogen) atoms. The van der Waals surface area contributed by atoms with Crippen LogP contribution in [-0.4, -0.2) is 23.9 Å². The standard InChI is InChI=1S/C15H23N3/c1-4-15(13-8-6-5-7-9-13)11-17-14(16)18(15)10-12(2)3/h5-9,12H,4,10-11H2,1-3H3,(H2,16,17). The number of nitrogens with zero attached hydrogens (tertiary/aromatic N) is 2. The summed E-state index contributed by atoms with van der Waals surface area (Å²) in [5.74, 6) is 1.26. The van der Waals surface area contributed by atoms with Crippen molar-refractivity contribution in [2.45, 2.75) is 32.7 Å². The molecule has 0 saturated carbocycles. The molecule has 0 bridgehead atoms.